The maximum absolute atomic E-state index is 10.5. The average Bonchev–Trinajstić information content (AvgIpc) is 1.85. The van der Waals surface area contributed by atoms with Crippen LogP contribution in [0.1, 0.15) is 6.92 Å². The van der Waals surface area contributed by atoms with Crippen LogP contribution in [0, 0.1) is 0 Å². The van der Waals surface area contributed by atoms with Crippen molar-refractivity contribution in [2.24, 2.45) is 0 Å². The van der Waals surface area contributed by atoms with E-state index in [1.54, 1.807) is 0 Å². The van der Waals surface area contributed by atoms with Crippen molar-refractivity contribution in [2.75, 3.05) is 0 Å². The minimum absolute atomic E-state index is 0.596. The van der Waals surface area contributed by atoms with Crippen LogP contribution >= 0.6 is 7.60 Å². The lowest BCUT2D eigenvalue weighted by Gasteiger charge is -2.13. The van der Waals surface area contributed by atoms with Gasteiger partial charge in [0.25, 0.3) is 0 Å². The number of nitrogens with one attached hydrogen (secondary N) is 1. The van der Waals surface area contributed by atoms with E-state index in [2.05, 4.69) is 6.58 Å². The van der Waals surface area contributed by atoms with Crippen molar-refractivity contribution >= 4 is 13.5 Å². The summed E-state index contributed by atoms with van der Waals surface area (Å²) in [5, 5.41) is 2.05. The molecule has 0 rings (SSSR count). The van der Waals surface area contributed by atoms with Gasteiger partial charge in [0.05, 0.1) is 0 Å². The molecule has 0 radical (unpaired) electrons. The first-order chi connectivity index (χ1) is 4.88. The zero-order valence-electron chi connectivity index (χ0n) is 6.02. The summed E-state index contributed by atoms with van der Waals surface area (Å²) in [6, 6.07) is 0. The molecule has 0 saturated carbocycles. The second-order valence-electron chi connectivity index (χ2n) is 1.98. The van der Waals surface area contributed by atoms with Gasteiger partial charge in [-0.05, 0) is 13.0 Å². The monoisotopic (exact) mass is 179 g/mol. The first kappa shape index (κ1) is 10.4. The number of hydrogen-bond acceptors (Lipinski definition) is 2. The quantitative estimate of drug-likeness (QED) is 0.414. The van der Waals surface area contributed by atoms with Crippen molar-refractivity contribution in [3.8, 4) is 0 Å². The van der Waals surface area contributed by atoms with Gasteiger partial charge in [-0.1, -0.05) is 6.58 Å². The Bertz CT molecular complexity index is 209. The Balaban J connectivity index is 4.08. The van der Waals surface area contributed by atoms with Crippen LogP contribution in [0.25, 0.3) is 0 Å². The molecule has 0 bridgehead atoms. The first-order valence-electron chi connectivity index (χ1n) is 2.86. The SMILES string of the molecule is C=CC(=O)NC(C)P(=O)(O)O. The van der Waals surface area contributed by atoms with Crippen LogP contribution in [0.15, 0.2) is 12.7 Å². The predicted octanol–water partition coefficient (Wildman–Crippen LogP) is -0.188. The molecule has 3 N–H and O–H groups in total. The number of rotatable bonds is 3. The van der Waals surface area contributed by atoms with Crippen LogP contribution in [-0.4, -0.2) is 21.5 Å². The molecule has 0 aliphatic heterocycles. The van der Waals surface area contributed by atoms with E-state index in [1.807, 2.05) is 5.32 Å². The van der Waals surface area contributed by atoms with Crippen molar-refractivity contribution in [1.82, 2.24) is 5.32 Å². The number of carbonyl (C=O) groups excluding carboxylic acids is 1. The summed E-state index contributed by atoms with van der Waals surface area (Å²) in [6.07, 6.45) is 0.951. The Morgan fingerprint density at radius 1 is 1.73 bits per heavy atom. The number of amides is 1. The standard InChI is InChI=1S/C5H10NO4P/c1-3-5(7)6-4(2)11(8,9)10/h3-4H,1H2,2H3,(H,6,7)(H2,8,9,10). The van der Waals surface area contributed by atoms with Crippen LogP contribution in [-0.2, 0) is 9.36 Å². The zero-order chi connectivity index (χ0) is 9.07. The molecule has 0 aliphatic carbocycles. The third-order valence-corrected chi connectivity index (χ3v) is 2.18. The molecule has 5 nitrogen and oxygen atoms in total. The lowest BCUT2D eigenvalue weighted by atomic mass is 10.5. The third-order valence-electron chi connectivity index (χ3n) is 1.04. The van der Waals surface area contributed by atoms with Crippen LogP contribution in [0.3, 0.4) is 0 Å². The van der Waals surface area contributed by atoms with Gasteiger partial charge in [0.1, 0.15) is 5.78 Å². The zero-order valence-corrected chi connectivity index (χ0v) is 6.91. The Kier molecular flexibility index (Phi) is 3.45. The highest BCUT2D eigenvalue weighted by atomic mass is 31.2. The number of carbonyl (C=O) groups is 1. The van der Waals surface area contributed by atoms with E-state index in [0.717, 1.165) is 6.08 Å². The van der Waals surface area contributed by atoms with Gasteiger partial charge in [-0.3, -0.25) is 9.36 Å². The van der Waals surface area contributed by atoms with Crippen LogP contribution in [0.5, 0.6) is 0 Å². The van der Waals surface area contributed by atoms with Gasteiger partial charge < -0.3 is 15.1 Å². The molecule has 0 aliphatic rings. The molecular formula is C5H10NO4P. The normalized spacial score (nSPS) is 13.7. The fourth-order valence-electron chi connectivity index (χ4n) is 0.349. The molecule has 0 heterocycles. The molecule has 1 unspecified atom stereocenters. The highest BCUT2D eigenvalue weighted by molar-refractivity contribution is 7.52. The summed E-state index contributed by atoms with van der Waals surface area (Å²) in [4.78, 5) is 27.5. The van der Waals surface area contributed by atoms with Crippen molar-refractivity contribution < 1.29 is 19.1 Å². The fraction of sp³-hybridized carbons (Fsp3) is 0.400. The van der Waals surface area contributed by atoms with Gasteiger partial charge in [-0.25, -0.2) is 0 Å². The van der Waals surface area contributed by atoms with Crippen molar-refractivity contribution in [3.63, 3.8) is 0 Å². The van der Waals surface area contributed by atoms with E-state index in [9.17, 15) is 9.36 Å². The largest absolute Gasteiger partial charge is 0.347 e. The highest BCUT2D eigenvalue weighted by Crippen LogP contribution is 2.38. The van der Waals surface area contributed by atoms with Crippen LogP contribution < -0.4 is 5.32 Å². The predicted molar refractivity (Wildman–Crippen MR) is 39.8 cm³/mol. The van der Waals surface area contributed by atoms with E-state index in [0.29, 0.717) is 0 Å². The van der Waals surface area contributed by atoms with E-state index < -0.39 is 19.3 Å². The summed E-state index contributed by atoms with van der Waals surface area (Å²) < 4.78 is 10.4. The van der Waals surface area contributed by atoms with Gasteiger partial charge in [-0.2, -0.15) is 0 Å². The molecule has 0 fully saturated rings. The molecule has 64 valence electrons. The van der Waals surface area contributed by atoms with E-state index >= 15 is 0 Å². The Morgan fingerprint density at radius 2 is 2.18 bits per heavy atom. The van der Waals surface area contributed by atoms with E-state index in [1.165, 1.54) is 6.92 Å². The maximum atomic E-state index is 10.5. The second kappa shape index (κ2) is 3.67. The van der Waals surface area contributed by atoms with Gasteiger partial charge in [-0.15, -0.1) is 0 Å². The van der Waals surface area contributed by atoms with Gasteiger partial charge >= 0.3 is 7.60 Å². The molecule has 1 amide bonds. The molecule has 6 heteroatoms. The lowest BCUT2D eigenvalue weighted by molar-refractivity contribution is -0.116. The summed E-state index contributed by atoms with van der Waals surface area (Å²) in [5.74, 6) is -1.76. The maximum Gasteiger partial charge on any atom is 0.347 e. The summed E-state index contributed by atoms with van der Waals surface area (Å²) in [6.45, 7) is 4.36. The molecule has 0 saturated heterocycles. The molecule has 11 heavy (non-hydrogen) atoms. The van der Waals surface area contributed by atoms with Crippen molar-refractivity contribution in [2.45, 2.75) is 12.7 Å². The molecule has 0 aromatic rings. The molecular weight excluding hydrogens is 169 g/mol. The number of hydrogen-bond donors (Lipinski definition) is 3. The van der Waals surface area contributed by atoms with Crippen LogP contribution in [0.2, 0.25) is 0 Å². The Morgan fingerprint density at radius 3 is 2.45 bits per heavy atom. The second-order valence-corrected chi connectivity index (χ2v) is 3.93. The van der Waals surface area contributed by atoms with E-state index in [-0.39, 0.29) is 0 Å². The van der Waals surface area contributed by atoms with Gasteiger partial charge in [0.15, 0.2) is 0 Å². The summed E-state index contributed by atoms with van der Waals surface area (Å²) in [7, 11) is -4.20. The van der Waals surface area contributed by atoms with Gasteiger partial charge in [0, 0.05) is 0 Å². The molecule has 0 aromatic carbocycles. The molecule has 1 atom stereocenters. The molecule has 0 spiro atoms. The minimum atomic E-state index is -4.20. The topological polar surface area (TPSA) is 86.6 Å². The van der Waals surface area contributed by atoms with Crippen molar-refractivity contribution in [1.29, 1.82) is 0 Å². The fourth-order valence-corrected chi connectivity index (χ4v) is 0.644. The lowest BCUT2D eigenvalue weighted by Crippen LogP contribution is -2.30. The summed E-state index contributed by atoms with van der Waals surface area (Å²) >= 11 is 0. The Hall–Kier alpha value is -0.640. The van der Waals surface area contributed by atoms with Crippen molar-refractivity contribution in [3.05, 3.63) is 12.7 Å². The molecule has 0 aromatic heterocycles. The third kappa shape index (κ3) is 3.93. The Labute approximate surface area is 64.3 Å². The van der Waals surface area contributed by atoms with E-state index in [4.69, 9.17) is 9.79 Å². The summed E-state index contributed by atoms with van der Waals surface area (Å²) in [5.41, 5.74) is 0. The highest BCUT2D eigenvalue weighted by Gasteiger charge is 2.24. The average molecular weight is 179 g/mol. The minimum Gasteiger partial charge on any atom is -0.339 e. The first-order valence-corrected chi connectivity index (χ1v) is 4.54. The van der Waals surface area contributed by atoms with Gasteiger partial charge in [0.2, 0.25) is 5.91 Å². The van der Waals surface area contributed by atoms with Crippen LogP contribution in [0.4, 0.5) is 0 Å². The smallest absolute Gasteiger partial charge is 0.339 e.